The Labute approximate surface area is 169 Å². The van der Waals surface area contributed by atoms with Gasteiger partial charge in [0.1, 0.15) is 11.5 Å². The van der Waals surface area contributed by atoms with E-state index in [4.69, 9.17) is 21.1 Å². The van der Waals surface area contributed by atoms with E-state index in [1.54, 1.807) is 20.4 Å². The van der Waals surface area contributed by atoms with Gasteiger partial charge < -0.3 is 9.47 Å². The molecule has 144 valence electrons. The Hall–Kier alpha value is -2.18. The summed E-state index contributed by atoms with van der Waals surface area (Å²) in [7, 11) is 3.24. The predicted molar refractivity (Wildman–Crippen MR) is 112 cm³/mol. The first-order valence-electron chi connectivity index (χ1n) is 8.47. The Balaban J connectivity index is 1.89. The zero-order valence-corrected chi connectivity index (χ0v) is 17.2. The average molecular weight is 407 g/mol. The lowest BCUT2D eigenvalue weighted by Crippen LogP contribution is -2.19. The van der Waals surface area contributed by atoms with Crippen molar-refractivity contribution in [3.63, 3.8) is 0 Å². The van der Waals surface area contributed by atoms with Gasteiger partial charge in [-0.1, -0.05) is 30.7 Å². The molecule has 2 aromatic carbocycles. The van der Waals surface area contributed by atoms with E-state index in [0.717, 1.165) is 34.6 Å². The van der Waals surface area contributed by atoms with Gasteiger partial charge >= 0.3 is 0 Å². The maximum absolute atomic E-state index is 11.9. The summed E-state index contributed by atoms with van der Waals surface area (Å²) in [6.45, 7) is 2.03. The molecule has 0 saturated carbocycles. The summed E-state index contributed by atoms with van der Waals surface area (Å²) in [5.74, 6) is 2.37. The number of amides is 1. The van der Waals surface area contributed by atoms with Gasteiger partial charge in [0.2, 0.25) is 5.91 Å². The number of hydrogen-bond donors (Lipinski definition) is 1. The fraction of sp³-hybridized carbons (Fsp3) is 0.300. The monoisotopic (exact) mass is 406 g/mol. The smallest absolute Gasteiger partial charge is 0.250 e. The average Bonchev–Trinajstić information content (AvgIpc) is 2.68. The van der Waals surface area contributed by atoms with E-state index < -0.39 is 0 Å². The summed E-state index contributed by atoms with van der Waals surface area (Å²) in [4.78, 5) is 11.9. The van der Waals surface area contributed by atoms with Gasteiger partial charge in [-0.2, -0.15) is 5.10 Å². The molecule has 0 aliphatic heterocycles. The van der Waals surface area contributed by atoms with Crippen molar-refractivity contribution in [2.45, 2.75) is 19.1 Å². The second-order valence-corrected chi connectivity index (χ2v) is 7.06. The molecule has 27 heavy (non-hydrogen) atoms. The van der Waals surface area contributed by atoms with Crippen LogP contribution in [0.1, 0.15) is 23.6 Å². The molecule has 0 unspecified atom stereocenters. The van der Waals surface area contributed by atoms with Crippen molar-refractivity contribution in [2.75, 3.05) is 20.0 Å². The van der Waals surface area contributed by atoms with Crippen molar-refractivity contribution in [3.05, 3.63) is 58.1 Å². The van der Waals surface area contributed by atoms with E-state index in [2.05, 4.69) is 10.5 Å². The zero-order valence-electron chi connectivity index (χ0n) is 15.6. The first-order valence-corrected chi connectivity index (χ1v) is 10.00. The lowest BCUT2D eigenvalue weighted by Gasteiger charge is -2.13. The molecule has 0 aliphatic rings. The largest absolute Gasteiger partial charge is 0.496 e. The molecule has 0 saturated heterocycles. The number of rotatable bonds is 9. The van der Waals surface area contributed by atoms with Crippen molar-refractivity contribution in [1.82, 2.24) is 5.43 Å². The van der Waals surface area contributed by atoms with E-state index in [1.165, 1.54) is 11.8 Å². The van der Waals surface area contributed by atoms with Crippen LogP contribution in [0.5, 0.6) is 11.5 Å². The molecule has 0 heterocycles. The van der Waals surface area contributed by atoms with E-state index >= 15 is 0 Å². The number of nitrogens with one attached hydrogen (secondary N) is 1. The minimum Gasteiger partial charge on any atom is -0.496 e. The number of thioether (sulfide) groups is 1. The Morgan fingerprint density at radius 1 is 1.19 bits per heavy atom. The number of nitrogens with zero attached hydrogens (tertiary/aromatic N) is 1. The molecule has 2 aromatic rings. The zero-order chi connectivity index (χ0) is 19.6. The molecule has 0 aromatic heterocycles. The van der Waals surface area contributed by atoms with Gasteiger partial charge in [0.25, 0.3) is 0 Å². The Kier molecular flexibility index (Phi) is 8.48. The minimum atomic E-state index is -0.159. The van der Waals surface area contributed by atoms with Crippen molar-refractivity contribution in [2.24, 2.45) is 5.10 Å². The highest BCUT2D eigenvalue weighted by molar-refractivity contribution is 7.99. The second kappa shape index (κ2) is 10.8. The fourth-order valence-corrected chi connectivity index (χ4v) is 3.45. The Morgan fingerprint density at radius 3 is 2.56 bits per heavy atom. The summed E-state index contributed by atoms with van der Waals surface area (Å²) in [5, 5.41) is 4.75. The van der Waals surface area contributed by atoms with Crippen LogP contribution >= 0.6 is 23.4 Å². The maximum atomic E-state index is 11.9. The van der Waals surface area contributed by atoms with Crippen LogP contribution in [0, 0.1) is 0 Å². The van der Waals surface area contributed by atoms with Gasteiger partial charge in [0.15, 0.2) is 0 Å². The number of methoxy groups -OCH3 is 2. The third-order valence-electron chi connectivity index (χ3n) is 3.83. The molecular formula is C20H23ClN2O3S. The highest BCUT2D eigenvalue weighted by atomic mass is 35.5. The predicted octanol–water partition coefficient (Wildman–Crippen LogP) is 4.30. The quantitative estimate of drug-likeness (QED) is 0.498. The van der Waals surface area contributed by atoms with Crippen LogP contribution in [-0.2, 0) is 17.0 Å². The van der Waals surface area contributed by atoms with E-state index in [9.17, 15) is 4.79 Å². The SMILES string of the molecule is CCc1c(OC)ccc(/C=N\NC(=O)CSCc2ccc(Cl)cc2)c1OC. The molecule has 0 bridgehead atoms. The molecule has 0 atom stereocenters. The van der Waals surface area contributed by atoms with Gasteiger partial charge in [-0.25, -0.2) is 5.43 Å². The first kappa shape index (κ1) is 21.1. The van der Waals surface area contributed by atoms with Gasteiger partial charge in [-0.15, -0.1) is 11.8 Å². The molecule has 0 aliphatic carbocycles. The normalized spacial score (nSPS) is 10.8. The molecule has 5 nitrogen and oxygen atoms in total. The number of hydrogen-bond acceptors (Lipinski definition) is 5. The van der Waals surface area contributed by atoms with Crippen LogP contribution in [0.4, 0.5) is 0 Å². The summed E-state index contributed by atoms with van der Waals surface area (Å²) in [6.07, 6.45) is 2.35. The third kappa shape index (κ3) is 6.19. The first-order chi connectivity index (χ1) is 13.1. The number of ether oxygens (including phenoxy) is 2. The molecule has 7 heteroatoms. The van der Waals surface area contributed by atoms with Crippen LogP contribution in [0.15, 0.2) is 41.5 Å². The Bertz CT molecular complexity index is 795. The van der Waals surface area contributed by atoms with Crippen molar-refractivity contribution < 1.29 is 14.3 Å². The summed E-state index contributed by atoms with van der Waals surface area (Å²) in [6, 6.07) is 11.3. The summed E-state index contributed by atoms with van der Waals surface area (Å²) >= 11 is 7.37. The highest BCUT2D eigenvalue weighted by Gasteiger charge is 2.12. The van der Waals surface area contributed by atoms with Gasteiger partial charge in [0, 0.05) is 21.9 Å². The number of carbonyl (C=O) groups is 1. The topological polar surface area (TPSA) is 59.9 Å². The lowest BCUT2D eigenvalue weighted by molar-refractivity contribution is -0.118. The lowest BCUT2D eigenvalue weighted by atomic mass is 10.1. The van der Waals surface area contributed by atoms with E-state index in [0.29, 0.717) is 16.5 Å². The summed E-state index contributed by atoms with van der Waals surface area (Å²) < 4.78 is 10.9. The second-order valence-electron chi connectivity index (χ2n) is 5.63. The molecule has 1 N–H and O–H groups in total. The van der Waals surface area contributed by atoms with Gasteiger partial charge in [0.05, 0.1) is 26.2 Å². The maximum Gasteiger partial charge on any atom is 0.250 e. The summed E-state index contributed by atoms with van der Waals surface area (Å²) in [5.41, 5.74) is 5.41. The number of halogens is 1. The van der Waals surface area contributed by atoms with Crippen LogP contribution in [-0.4, -0.2) is 32.1 Å². The fourth-order valence-electron chi connectivity index (χ4n) is 2.54. The number of carbonyl (C=O) groups excluding carboxylic acids is 1. The van der Waals surface area contributed by atoms with Crippen LogP contribution < -0.4 is 14.9 Å². The molecule has 0 fully saturated rings. The third-order valence-corrected chi connectivity index (χ3v) is 5.09. The minimum absolute atomic E-state index is 0.159. The van der Waals surface area contributed by atoms with Crippen molar-refractivity contribution >= 4 is 35.5 Å². The Morgan fingerprint density at radius 2 is 1.93 bits per heavy atom. The van der Waals surface area contributed by atoms with Crippen LogP contribution in [0.3, 0.4) is 0 Å². The number of hydrazone groups is 1. The molecule has 0 spiro atoms. The van der Waals surface area contributed by atoms with Gasteiger partial charge in [-0.05, 0) is 36.2 Å². The highest BCUT2D eigenvalue weighted by Crippen LogP contribution is 2.31. The van der Waals surface area contributed by atoms with Gasteiger partial charge in [-0.3, -0.25) is 4.79 Å². The number of benzene rings is 2. The van der Waals surface area contributed by atoms with E-state index in [1.807, 2.05) is 43.3 Å². The van der Waals surface area contributed by atoms with Crippen LogP contribution in [0.25, 0.3) is 0 Å². The molecule has 0 radical (unpaired) electrons. The standard InChI is InChI=1S/C20H23ClN2O3S/c1-4-17-18(25-2)10-7-15(20(17)26-3)11-22-23-19(24)13-27-12-14-5-8-16(21)9-6-14/h5-11H,4,12-13H2,1-3H3,(H,23,24)/b22-11-. The van der Waals surface area contributed by atoms with Crippen LogP contribution in [0.2, 0.25) is 5.02 Å². The van der Waals surface area contributed by atoms with Crippen molar-refractivity contribution in [3.8, 4) is 11.5 Å². The molecular weight excluding hydrogens is 384 g/mol. The van der Waals surface area contributed by atoms with E-state index in [-0.39, 0.29) is 5.91 Å². The molecule has 1 amide bonds. The van der Waals surface area contributed by atoms with Crippen molar-refractivity contribution in [1.29, 1.82) is 0 Å². The molecule has 2 rings (SSSR count).